The average Bonchev–Trinajstić information content (AvgIpc) is 2.69. The van der Waals surface area contributed by atoms with Crippen LogP contribution in [0.5, 0.6) is 0 Å². The van der Waals surface area contributed by atoms with Crippen molar-refractivity contribution >= 4 is 29.2 Å². The van der Waals surface area contributed by atoms with E-state index in [0.717, 1.165) is 17.2 Å². The molecule has 1 aliphatic rings. The molecule has 1 amide bonds. The molecule has 0 radical (unpaired) electrons. The number of rotatable bonds is 5. The standard InChI is InChI=1S/C19H26N6O2/c1-4-27-19(26)25-13-11-24(12-14-25)18-20-10-9-17(22-18)21-15-5-7-16(8-6-15)23(2)3/h5-10H,4,11-14H2,1-3H3,(H,20,21,22). The van der Waals surface area contributed by atoms with Crippen molar-refractivity contribution in [2.75, 3.05) is 62.0 Å². The van der Waals surface area contributed by atoms with Crippen LogP contribution in [0, 0.1) is 0 Å². The lowest BCUT2D eigenvalue weighted by Gasteiger charge is -2.34. The van der Waals surface area contributed by atoms with Crippen molar-refractivity contribution in [3.05, 3.63) is 36.5 Å². The Balaban J connectivity index is 1.61. The SMILES string of the molecule is CCOC(=O)N1CCN(c2nccc(Nc3ccc(N(C)C)cc3)n2)CC1. The monoisotopic (exact) mass is 370 g/mol. The average molecular weight is 370 g/mol. The predicted octanol–water partition coefficient (Wildman–Crippen LogP) is 2.56. The highest BCUT2D eigenvalue weighted by atomic mass is 16.6. The van der Waals surface area contributed by atoms with Gasteiger partial charge in [-0.05, 0) is 37.3 Å². The Morgan fingerprint density at radius 3 is 2.48 bits per heavy atom. The van der Waals surface area contributed by atoms with Crippen LogP contribution in [0.4, 0.5) is 27.9 Å². The van der Waals surface area contributed by atoms with Crippen molar-refractivity contribution < 1.29 is 9.53 Å². The summed E-state index contributed by atoms with van der Waals surface area (Å²) in [6.07, 6.45) is 1.49. The number of hydrogen-bond acceptors (Lipinski definition) is 7. The molecule has 1 saturated heterocycles. The Bertz CT molecular complexity index is 757. The van der Waals surface area contributed by atoms with Crippen molar-refractivity contribution in [2.24, 2.45) is 0 Å². The highest BCUT2D eigenvalue weighted by Gasteiger charge is 2.23. The van der Waals surface area contributed by atoms with Gasteiger partial charge in [0.15, 0.2) is 0 Å². The summed E-state index contributed by atoms with van der Waals surface area (Å²) in [5.74, 6) is 1.40. The fourth-order valence-corrected chi connectivity index (χ4v) is 2.86. The number of hydrogen-bond donors (Lipinski definition) is 1. The van der Waals surface area contributed by atoms with E-state index in [1.807, 2.05) is 39.2 Å². The van der Waals surface area contributed by atoms with E-state index in [4.69, 9.17) is 4.74 Å². The smallest absolute Gasteiger partial charge is 0.409 e. The molecule has 8 nitrogen and oxygen atoms in total. The number of nitrogens with one attached hydrogen (secondary N) is 1. The molecular formula is C19H26N6O2. The van der Waals surface area contributed by atoms with Gasteiger partial charge in [-0.25, -0.2) is 9.78 Å². The fourth-order valence-electron chi connectivity index (χ4n) is 2.86. The zero-order valence-corrected chi connectivity index (χ0v) is 16.1. The van der Waals surface area contributed by atoms with Crippen LogP contribution in [0.2, 0.25) is 0 Å². The Morgan fingerprint density at radius 2 is 1.85 bits per heavy atom. The molecule has 3 rings (SSSR count). The molecule has 144 valence electrons. The molecule has 8 heteroatoms. The summed E-state index contributed by atoms with van der Waals surface area (Å²) in [4.78, 5) is 26.7. The van der Waals surface area contributed by atoms with E-state index in [1.54, 1.807) is 11.1 Å². The number of benzene rings is 1. The summed E-state index contributed by atoms with van der Waals surface area (Å²) in [5, 5.41) is 3.31. The summed E-state index contributed by atoms with van der Waals surface area (Å²) in [6.45, 7) is 4.78. The highest BCUT2D eigenvalue weighted by molar-refractivity contribution is 5.68. The number of piperazine rings is 1. The van der Waals surface area contributed by atoms with Gasteiger partial charge in [-0.3, -0.25) is 0 Å². The maximum Gasteiger partial charge on any atom is 0.409 e. The molecule has 2 aromatic rings. The molecule has 0 atom stereocenters. The van der Waals surface area contributed by atoms with E-state index in [0.29, 0.717) is 38.7 Å². The van der Waals surface area contributed by atoms with Crippen molar-refractivity contribution in [1.29, 1.82) is 0 Å². The summed E-state index contributed by atoms with van der Waals surface area (Å²) < 4.78 is 5.06. The zero-order chi connectivity index (χ0) is 19.2. The molecule has 1 fully saturated rings. The van der Waals surface area contributed by atoms with Gasteiger partial charge in [0, 0.05) is 57.8 Å². The first-order valence-corrected chi connectivity index (χ1v) is 9.11. The van der Waals surface area contributed by atoms with Gasteiger partial charge in [-0.15, -0.1) is 0 Å². The molecule has 1 N–H and O–H groups in total. The minimum absolute atomic E-state index is 0.255. The molecule has 0 unspecified atom stereocenters. The number of carbonyl (C=O) groups is 1. The predicted molar refractivity (Wildman–Crippen MR) is 107 cm³/mol. The minimum atomic E-state index is -0.255. The van der Waals surface area contributed by atoms with Gasteiger partial charge in [-0.1, -0.05) is 0 Å². The first kappa shape index (κ1) is 18.8. The summed E-state index contributed by atoms with van der Waals surface area (Å²) >= 11 is 0. The Kier molecular flexibility index (Phi) is 5.95. The summed E-state index contributed by atoms with van der Waals surface area (Å²) in [5.41, 5.74) is 2.11. The molecule has 0 saturated carbocycles. The number of aromatic nitrogens is 2. The fraction of sp³-hybridized carbons (Fsp3) is 0.421. The Hall–Kier alpha value is -3.03. The van der Waals surface area contributed by atoms with Crippen LogP contribution < -0.4 is 15.1 Å². The first-order valence-electron chi connectivity index (χ1n) is 9.11. The van der Waals surface area contributed by atoms with Gasteiger partial charge in [0.05, 0.1) is 6.61 Å². The largest absolute Gasteiger partial charge is 0.450 e. The number of nitrogens with zero attached hydrogens (tertiary/aromatic N) is 5. The van der Waals surface area contributed by atoms with E-state index in [-0.39, 0.29) is 6.09 Å². The van der Waals surface area contributed by atoms with E-state index in [1.165, 1.54) is 0 Å². The molecular weight excluding hydrogens is 344 g/mol. The summed E-state index contributed by atoms with van der Waals surface area (Å²) in [7, 11) is 4.03. The Labute approximate surface area is 159 Å². The molecule has 0 spiro atoms. The van der Waals surface area contributed by atoms with Gasteiger partial charge in [0.25, 0.3) is 0 Å². The molecule has 0 bridgehead atoms. The third kappa shape index (κ3) is 4.78. The van der Waals surface area contributed by atoms with Crippen molar-refractivity contribution in [3.63, 3.8) is 0 Å². The molecule has 1 aliphatic heterocycles. The van der Waals surface area contributed by atoms with Gasteiger partial charge >= 0.3 is 6.09 Å². The minimum Gasteiger partial charge on any atom is -0.450 e. The lowest BCUT2D eigenvalue weighted by atomic mass is 10.2. The topological polar surface area (TPSA) is 73.8 Å². The number of amides is 1. The van der Waals surface area contributed by atoms with E-state index < -0.39 is 0 Å². The van der Waals surface area contributed by atoms with Gasteiger partial charge in [0.1, 0.15) is 5.82 Å². The molecule has 1 aromatic carbocycles. The first-order chi connectivity index (χ1) is 13.1. The number of anilines is 4. The van der Waals surface area contributed by atoms with Crippen LogP contribution in [0.25, 0.3) is 0 Å². The zero-order valence-electron chi connectivity index (χ0n) is 16.1. The summed E-state index contributed by atoms with van der Waals surface area (Å²) in [6, 6.07) is 10.0. The highest BCUT2D eigenvalue weighted by Crippen LogP contribution is 2.20. The third-order valence-electron chi connectivity index (χ3n) is 4.39. The van der Waals surface area contributed by atoms with Crippen LogP contribution in [-0.2, 0) is 4.74 Å². The van der Waals surface area contributed by atoms with Gasteiger partial charge in [0.2, 0.25) is 5.95 Å². The number of carbonyl (C=O) groups excluding carboxylic acids is 1. The molecule has 2 heterocycles. The number of ether oxygens (including phenoxy) is 1. The van der Waals surface area contributed by atoms with Gasteiger partial charge < -0.3 is 24.8 Å². The quantitative estimate of drug-likeness (QED) is 0.867. The van der Waals surface area contributed by atoms with Crippen molar-refractivity contribution in [2.45, 2.75) is 6.92 Å². The Morgan fingerprint density at radius 1 is 1.15 bits per heavy atom. The van der Waals surface area contributed by atoms with Crippen LogP contribution in [0.1, 0.15) is 6.92 Å². The van der Waals surface area contributed by atoms with Crippen molar-refractivity contribution in [1.82, 2.24) is 14.9 Å². The van der Waals surface area contributed by atoms with E-state index in [9.17, 15) is 4.79 Å². The second-order valence-corrected chi connectivity index (χ2v) is 6.48. The molecule has 27 heavy (non-hydrogen) atoms. The lowest BCUT2D eigenvalue weighted by molar-refractivity contribution is 0.105. The lowest BCUT2D eigenvalue weighted by Crippen LogP contribution is -2.49. The maximum absolute atomic E-state index is 11.8. The van der Waals surface area contributed by atoms with Crippen LogP contribution in [0.15, 0.2) is 36.5 Å². The van der Waals surface area contributed by atoms with Crippen LogP contribution in [-0.4, -0.2) is 67.8 Å². The third-order valence-corrected chi connectivity index (χ3v) is 4.39. The molecule has 0 aliphatic carbocycles. The second-order valence-electron chi connectivity index (χ2n) is 6.48. The van der Waals surface area contributed by atoms with Gasteiger partial charge in [-0.2, -0.15) is 4.98 Å². The van der Waals surface area contributed by atoms with Crippen LogP contribution in [0.3, 0.4) is 0 Å². The van der Waals surface area contributed by atoms with E-state index in [2.05, 4.69) is 37.2 Å². The maximum atomic E-state index is 11.8. The van der Waals surface area contributed by atoms with E-state index >= 15 is 0 Å². The van der Waals surface area contributed by atoms with Crippen molar-refractivity contribution in [3.8, 4) is 0 Å². The molecule has 1 aromatic heterocycles. The second kappa shape index (κ2) is 8.57. The normalized spacial score (nSPS) is 14.0. The van der Waals surface area contributed by atoms with Crippen LogP contribution >= 0.6 is 0 Å².